The monoisotopic (exact) mass is 290 g/mol. The van der Waals surface area contributed by atoms with Gasteiger partial charge in [-0.15, -0.1) is 0 Å². The lowest BCUT2D eigenvalue weighted by molar-refractivity contribution is -0.141. The van der Waals surface area contributed by atoms with Crippen LogP contribution in [-0.4, -0.2) is 32.9 Å². The van der Waals surface area contributed by atoms with Crippen LogP contribution in [0.4, 0.5) is 0 Å². The highest BCUT2D eigenvalue weighted by Gasteiger charge is 2.35. The van der Waals surface area contributed by atoms with E-state index in [1.807, 2.05) is 30.9 Å². The first-order chi connectivity index (χ1) is 9.87. The molecule has 1 aliphatic carbocycles. The second-order valence-corrected chi connectivity index (χ2v) is 6.52. The summed E-state index contributed by atoms with van der Waals surface area (Å²) in [4.78, 5) is 29.3. The molecule has 0 spiro atoms. The molecule has 114 valence electrons. The minimum atomic E-state index is -0.861. The van der Waals surface area contributed by atoms with Crippen molar-refractivity contribution in [3.63, 3.8) is 0 Å². The smallest absolute Gasteiger partial charge is 0.303 e. The molecule has 21 heavy (non-hydrogen) atoms. The fourth-order valence-electron chi connectivity index (χ4n) is 2.47. The highest BCUT2D eigenvalue weighted by atomic mass is 16.4. The van der Waals surface area contributed by atoms with Gasteiger partial charge < -0.3 is 10.0 Å². The van der Waals surface area contributed by atoms with Gasteiger partial charge in [-0.1, -0.05) is 13.8 Å². The Bertz CT molecular complexity index is 510. The number of nitrogens with zero attached hydrogens (tertiary/aromatic N) is 2. The van der Waals surface area contributed by atoms with Crippen molar-refractivity contribution in [2.45, 2.75) is 52.1 Å². The van der Waals surface area contributed by atoms with Gasteiger partial charge in [0.15, 0.2) is 0 Å². The van der Waals surface area contributed by atoms with Crippen LogP contribution in [0.5, 0.6) is 0 Å². The zero-order chi connectivity index (χ0) is 15.5. The minimum absolute atomic E-state index is 0.00645. The molecule has 0 unspecified atom stereocenters. The molecule has 5 nitrogen and oxygen atoms in total. The molecule has 1 aliphatic rings. The van der Waals surface area contributed by atoms with Crippen molar-refractivity contribution in [1.82, 2.24) is 9.88 Å². The summed E-state index contributed by atoms with van der Waals surface area (Å²) in [6.45, 7) is 4.24. The Morgan fingerprint density at radius 1 is 1.29 bits per heavy atom. The average molecular weight is 290 g/mol. The number of aromatic nitrogens is 1. The summed E-state index contributed by atoms with van der Waals surface area (Å²) in [5.41, 5.74) is 0.537. The summed E-state index contributed by atoms with van der Waals surface area (Å²) >= 11 is 0. The first-order valence-electron chi connectivity index (χ1n) is 7.27. The molecule has 0 radical (unpaired) electrons. The fraction of sp³-hybridized carbons (Fsp3) is 0.562. The lowest BCUT2D eigenvalue weighted by Crippen LogP contribution is -2.36. The van der Waals surface area contributed by atoms with Crippen molar-refractivity contribution in [3.8, 4) is 0 Å². The van der Waals surface area contributed by atoms with E-state index in [4.69, 9.17) is 5.11 Å². The summed E-state index contributed by atoms with van der Waals surface area (Å²) < 4.78 is 0. The third kappa shape index (κ3) is 4.85. The highest BCUT2D eigenvalue weighted by molar-refractivity contribution is 5.78. The lowest BCUT2D eigenvalue weighted by atomic mass is 9.85. The standard InChI is InChI=1S/C16H22N2O3/c1-16(2,10-15(20)21)9-14(19)18(13-3-4-13)11-12-5-7-17-8-6-12/h5-8,13H,3-4,9-11H2,1-2H3,(H,20,21). The first kappa shape index (κ1) is 15.5. The zero-order valence-corrected chi connectivity index (χ0v) is 12.6. The van der Waals surface area contributed by atoms with Gasteiger partial charge in [0, 0.05) is 31.4 Å². The van der Waals surface area contributed by atoms with Gasteiger partial charge >= 0.3 is 5.97 Å². The van der Waals surface area contributed by atoms with E-state index in [0.717, 1.165) is 18.4 Å². The molecular formula is C16H22N2O3. The van der Waals surface area contributed by atoms with Gasteiger partial charge in [-0.25, -0.2) is 0 Å². The quantitative estimate of drug-likeness (QED) is 0.837. The first-order valence-corrected chi connectivity index (χ1v) is 7.27. The molecule has 0 saturated heterocycles. The molecule has 1 N–H and O–H groups in total. The van der Waals surface area contributed by atoms with E-state index in [9.17, 15) is 9.59 Å². The van der Waals surface area contributed by atoms with Gasteiger partial charge in [0.1, 0.15) is 0 Å². The number of carboxylic acids is 1. The Morgan fingerprint density at radius 2 is 1.90 bits per heavy atom. The fourth-order valence-corrected chi connectivity index (χ4v) is 2.47. The number of carbonyl (C=O) groups excluding carboxylic acids is 1. The summed E-state index contributed by atoms with van der Waals surface area (Å²) in [5, 5.41) is 8.93. The van der Waals surface area contributed by atoms with Crippen LogP contribution in [0.1, 0.15) is 45.1 Å². The van der Waals surface area contributed by atoms with E-state index in [0.29, 0.717) is 12.6 Å². The molecule has 1 aromatic rings. The van der Waals surface area contributed by atoms with Gasteiger partial charge in [-0.2, -0.15) is 0 Å². The van der Waals surface area contributed by atoms with Gasteiger partial charge in [-0.05, 0) is 36.0 Å². The third-order valence-electron chi connectivity index (χ3n) is 3.67. The van der Waals surface area contributed by atoms with E-state index in [1.54, 1.807) is 12.4 Å². The molecule has 1 amide bonds. The second kappa shape index (κ2) is 6.24. The summed E-state index contributed by atoms with van der Waals surface area (Å²) in [5.74, 6) is -0.819. The van der Waals surface area contributed by atoms with Crippen molar-refractivity contribution in [2.24, 2.45) is 5.41 Å². The number of hydrogen-bond acceptors (Lipinski definition) is 3. The molecule has 0 aliphatic heterocycles. The number of carboxylic acid groups (broad SMARTS) is 1. The average Bonchev–Trinajstić information content (AvgIpc) is 3.19. The predicted molar refractivity (Wildman–Crippen MR) is 78.5 cm³/mol. The van der Waals surface area contributed by atoms with Gasteiger partial charge in [0.2, 0.25) is 5.91 Å². The molecule has 1 fully saturated rings. The Hall–Kier alpha value is -1.91. The topological polar surface area (TPSA) is 70.5 Å². The SMILES string of the molecule is CC(C)(CC(=O)O)CC(=O)N(Cc1ccncc1)C1CC1. The van der Waals surface area contributed by atoms with Crippen LogP contribution in [0.2, 0.25) is 0 Å². The van der Waals surface area contributed by atoms with Crippen LogP contribution in [0.25, 0.3) is 0 Å². The summed E-state index contributed by atoms with van der Waals surface area (Å²) in [6, 6.07) is 4.13. The molecule has 1 saturated carbocycles. The molecular weight excluding hydrogens is 268 g/mol. The molecule has 0 aromatic carbocycles. The summed E-state index contributed by atoms with van der Waals surface area (Å²) in [6.07, 6.45) is 5.79. The van der Waals surface area contributed by atoms with Crippen LogP contribution in [-0.2, 0) is 16.1 Å². The van der Waals surface area contributed by atoms with Crippen molar-refractivity contribution >= 4 is 11.9 Å². The van der Waals surface area contributed by atoms with E-state index in [1.165, 1.54) is 0 Å². The molecule has 0 bridgehead atoms. The number of hydrogen-bond donors (Lipinski definition) is 1. The van der Waals surface area contributed by atoms with Gasteiger partial charge in [0.25, 0.3) is 0 Å². The van der Waals surface area contributed by atoms with Gasteiger partial charge in [0.05, 0.1) is 6.42 Å². The molecule has 1 heterocycles. The lowest BCUT2D eigenvalue weighted by Gasteiger charge is -2.28. The van der Waals surface area contributed by atoms with Crippen LogP contribution in [0.15, 0.2) is 24.5 Å². The Labute approximate surface area is 125 Å². The molecule has 5 heteroatoms. The van der Waals surface area contributed by atoms with Crippen molar-refractivity contribution in [1.29, 1.82) is 0 Å². The number of amides is 1. The zero-order valence-electron chi connectivity index (χ0n) is 12.6. The molecule has 1 aromatic heterocycles. The Balaban J connectivity index is 2.01. The molecule has 2 rings (SSSR count). The summed E-state index contributed by atoms with van der Waals surface area (Å²) in [7, 11) is 0. The van der Waals surface area contributed by atoms with E-state index in [2.05, 4.69) is 4.98 Å². The van der Waals surface area contributed by atoms with Crippen molar-refractivity contribution < 1.29 is 14.7 Å². The van der Waals surface area contributed by atoms with Gasteiger partial charge in [-0.3, -0.25) is 14.6 Å². The van der Waals surface area contributed by atoms with Crippen LogP contribution < -0.4 is 0 Å². The van der Waals surface area contributed by atoms with Crippen molar-refractivity contribution in [3.05, 3.63) is 30.1 Å². The number of carbonyl (C=O) groups is 2. The number of pyridine rings is 1. The Kier molecular flexibility index (Phi) is 4.60. The van der Waals surface area contributed by atoms with Crippen LogP contribution in [0, 0.1) is 5.41 Å². The number of aliphatic carboxylic acids is 1. The van der Waals surface area contributed by atoms with E-state index >= 15 is 0 Å². The second-order valence-electron chi connectivity index (χ2n) is 6.52. The third-order valence-corrected chi connectivity index (χ3v) is 3.67. The van der Waals surface area contributed by atoms with Crippen LogP contribution >= 0.6 is 0 Å². The Morgan fingerprint density at radius 3 is 2.43 bits per heavy atom. The molecule has 0 atom stereocenters. The van der Waals surface area contributed by atoms with E-state index in [-0.39, 0.29) is 18.7 Å². The van der Waals surface area contributed by atoms with Crippen molar-refractivity contribution in [2.75, 3.05) is 0 Å². The minimum Gasteiger partial charge on any atom is -0.481 e. The highest BCUT2D eigenvalue weighted by Crippen LogP contribution is 2.32. The number of rotatable bonds is 7. The van der Waals surface area contributed by atoms with Crippen LogP contribution in [0.3, 0.4) is 0 Å². The maximum atomic E-state index is 12.5. The normalized spacial score (nSPS) is 14.8. The largest absolute Gasteiger partial charge is 0.481 e. The maximum absolute atomic E-state index is 12.5. The maximum Gasteiger partial charge on any atom is 0.303 e. The van der Waals surface area contributed by atoms with E-state index < -0.39 is 11.4 Å². The predicted octanol–water partition coefficient (Wildman–Crippen LogP) is 2.46.